The van der Waals surface area contributed by atoms with Gasteiger partial charge in [0.1, 0.15) is 5.82 Å². The first kappa shape index (κ1) is 11.5. The van der Waals surface area contributed by atoms with E-state index in [-0.39, 0.29) is 0 Å². The van der Waals surface area contributed by atoms with Crippen molar-refractivity contribution in [1.82, 2.24) is 9.97 Å². The first-order valence-electron chi connectivity index (χ1n) is 5.00. The summed E-state index contributed by atoms with van der Waals surface area (Å²) in [6.07, 6.45) is 4.59. The van der Waals surface area contributed by atoms with Crippen LogP contribution >= 0.6 is 27.3 Å². The molecule has 0 unspecified atom stereocenters. The normalized spacial score (nSPS) is 10.4. The predicted octanol–water partition coefficient (Wildman–Crippen LogP) is 3.26. The van der Waals surface area contributed by atoms with Gasteiger partial charge in [-0.2, -0.15) is 0 Å². The SMILES string of the molecule is Cc1cc(NCCc2nccs2)ncc1Br. The standard InChI is InChI=1S/C11H12BrN3S/c1-8-6-10(15-7-9(8)12)13-3-2-11-14-4-5-16-11/h4-7H,2-3H2,1H3,(H,13,15). The summed E-state index contributed by atoms with van der Waals surface area (Å²) in [5.41, 5.74) is 1.19. The number of hydrogen-bond donors (Lipinski definition) is 1. The molecule has 0 fully saturated rings. The second-order valence-corrected chi connectivity index (χ2v) is 5.25. The van der Waals surface area contributed by atoms with E-state index in [0.717, 1.165) is 28.3 Å². The van der Waals surface area contributed by atoms with Crippen molar-refractivity contribution in [3.05, 3.63) is 38.9 Å². The van der Waals surface area contributed by atoms with Crippen molar-refractivity contribution in [3.63, 3.8) is 0 Å². The molecule has 0 amide bonds. The average molecular weight is 298 g/mol. The van der Waals surface area contributed by atoms with Gasteiger partial charge < -0.3 is 5.32 Å². The lowest BCUT2D eigenvalue weighted by Crippen LogP contribution is -2.06. The maximum absolute atomic E-state index is 4.28. The number of aryl methyl sites for hydroxylation is 1. The fourth-order valence-corrected chi connectivity index (χ4v) is 2.15. The van der Waals surface area contributed by atoms with Gasteiger partial charge in [0.25, 0.3) is 0 Å². The molecule has 0 aromatic carbocycles. The van der Waals surface area contributed by atoms with E-state index in [0.29, 0.717) is 0 Å². The van der Waals surface area contributed by atoms with Crippen molar-refractivity contribution in [2.24, 2.45) is 0 Å². The molecule has 2 rings (SSSR count). The zero-order chi connectivity index (χ0) is 11.4. The number of thiazole rings is 1. The van der Waals surface area contributed by atoms with Gasteiger partial charge in [0, 0.05) is 35.2 Å². The lowest BCUT2D eigenvalue weighted by atomic mass is 10.3. The molecule has 0 atom stereocenters. The molecule has 1 N–H and O–H groups in total. The van der Waals surface area contributed by atoms with E-state index in [1.807, 2.05) is 23.8 Å². The Morgan fingerprint density at radius 3 is 3.00 bits per heavy atom. The third kappa shape index (κ3) is 3.02. The van der Waals surface area contributed by atoms with Gasteiger partial charge in [0.05, 0.1) is 5.01 Å². The fraction of sp³-hybridized carbons (Fsp3) is 0.273. The molecule has 2 heterocycles. The second kappa shape index (κ2) is 5.41. The second-order valence-electron chi connectivity index (χ2n) is 3.42. The van der Waals surface area contributed by atoms with Gasteiger partial charge in [0.2, 0.25) is 0 Å². The highest BCUT2D eigenvalue weighted by Crippen LogP contribution is 2.17. The lowest BCUT2D eigenvalue weighted by molar-refractivity contribution is 0.986. The Labute approximate surface area is 107 Å². The minimum atomic E-state index is 0.863. The van der Waals surface area contributed by atoms with E-state index in [1.54, 1.807) is 11.3 Å². The van der Waals surface area contributed by atoms with E-state index >= 15 is 0 Å². The summed E-state index contributed by atoms with van der Waals surface area (Å²) in [5.74, 6) is 0.914. The van der Waals surface area contributed by atoms with E-state index < -0.39 is 0 Å². The average Bonchev–Trinajstić information content (AvgIpc) is 2.76. The minimum absolute atomic E-state index is 0.863. The summed E-state index contributed by atoms with van der Waals surface area (Å²) in [6, 6.07) is 2.03. The van der Waals surface area contributed by atoms with Gasteiger partial charge in [-0.15, -0.1) is 11.3 Å². The molecular formula is C11H12BrN3S. The molecule has 0 radical (unpaired) electrons. The van der Waals surface area contributed by atoms with Gasteiger partial charge in [-0.05, 0) is 34.5 Å². The Bertz CT molecular complexity index is 456. The molecular weight excluding hydrogens is 286 g/mol. The number of nitrogens with one attached hydrogen (secondary N) is 1. The molecule has 3 nitrogen and oxygen atoms in total. The van der Waals surface area contributed by atoms with Gasteiger partial charge in [-0.3, -0.25) is 0 Å². The smallest absolute Gasteiger partial charge is 0.126 e. The van der Waals surface area contributed by atoms with Crippen molar-refractivity contribution in [2.75, 3.05) is 11.9 Å². The van der Waals surface area contributed by atoms with Crippen LogP contribution in [0.5, 0.6) is 0 Å². The number of rotatable bonds is 4. The van der Waals surface area contributed by atoms with Gasteiger partial charge >= 0.3 is 0 Å². The Balaban J connectivity index is 1.87. The molecule has 0 saturated carbocycles. The van der Waals surface area contributed by atoms with Gasteiger partial charge in [-0.1, -0.05) is 0 Å². The summed E-state index contributed by atoms with van der Waals surface area (Å²) in [4.78, 5) is 8.51. The van der Waals surface area contributed by atoms with Crippen LogP contribution in [0.15, 0.2) is 28.3 Å². The maximum atomic E-state index is 4.28. The van der Waals surface area contributed by atoms with Crippen LogP contribution in [0, 0.1) is 6.92 Å². The number of hydrogen-bond acceptors (Lipinski definition) is 4. The first-order valence-corrected chi connectivity index (χ1v) is 6.67. The predicted molar refractivity (Wildman–Crippen MR) is 71.0 cm³/mol. The zero-order valence-corrected chi connectivity index (χ0v) is 11.3. The van der Waals surface area contributed by atoms with Crippen molar-refractivity contribution in [2.45, 2.75) is 13.3 Å². The maximum Gasteiger partial charge on any atom is 0.126 e. The molecule has 2 aromatic heterocycles. The number of aromatic nitrogens is 2. The molecule has 0 saturated heterocycles. The van der Waals surface area contributed by atoms with E-state index in [4.69, 9.17) is 0 Å². The van der Waals surface area contributed by atoms with Gasteiger partial charge in [0.15, 0.2) is 0 Å². The first-order chi connectivity index (χ1) is 7.75. The van der Waals surface area contributed by atoms with E-state index in [2.05, 4.69) is 38.1 Å². The van der Waals surface area contributed by atoms with Crippen LogP contribution in [0.1, 0.15) is 10.6 Å². The molecule has 0 aliphatic carbocycles. The van der Waals surface area contributed by atoms with E-state index in [1.165, 1.54) is 5.56 Å². The summed E-state index contributed by atoms with van der Waals surface area (Å²) in [7, 11) is 0. The van der Waals surface area contributed by atoms with Gasteiger partial charge in [-0.25, -0.2) is 9.97 Å². The monoisotopic (exact) mass is 297 g/mol. The molecule has 0 aliphatic heterocycles. The third-order valence-electron chi connectivity index (χ3n) is 2.18. The topological polar surface area (TPSA) is 37.8 Å². The van der Waals surface area contributed by atoms with Crippen LogP contribution in [0.4, 0.5) is 5.82 Å². The quantitative estimate of drug-likeness (QED) is 0.941. The van der Waals surface area contributed by atoms with Crippen LogP contribution < -0.4 is 5.32 Å². The number of nitrogens with zero attached hydrogens (tertiary/aromatic N) is 2. The Morgan fingerprint density at radius 2 is 2.31 bits per heavy atom. The Hall–Kier alpha value is -0.940. The molecule has 0 bridgehead atoms. The third-order valence-corrected chi connectivity index (χ3v) is 3.84. The summed E-state index contributed by atoms with van der Waals surface area (Å²) in [5, 5.41) is 6.44. The van der Waals surface area contributed by atoms with E-state index in [9.17, 15) is 0 Å². The van der Waals surface area contributed by atoms with Crippen molar-refractivity contribution in [3.8, 4) is 0 Å². The molecule has 0 aliphatic rings. The minimum Gasteiger partial charge on any atom is -0.370 e. The van der Waals surface area contributed by atoms with Crippen molar-refractivity contribution in [1.29, 1.82) is 0 Å². The summed E-state index contributed by atoms with van der Waals surface area (Å²) >= 11 is 5.12. The largest absolute Gasteiger partial charge is 0.370 e. The molecule has 2 aromatic rings. The van der Waals surface area contributed by atoms with Crippen molar-refractivity contribution >= 4 is 33.1 Å². The molecule has 16 heavy (non-hydrogen) atoms. The molecule has 5 heteroatoms. The summed E-state index contributed by atoms with van der Waals surface area (Å²) in [6.45, 7) is 2.92. The Kier molecular flexibility index (Phi) is 3.90. The summed E-state index contributed by atoms with van der Waals surface area (Å²) < 4.78 is 1.04. The van der Waals surface area contributed by atoms with Crippen LogP contribution in [-0.4, -0.2) is 16.5 Å². The number of anilines is 1. The zero-order valence-electron chi connectivity index (χ0n) is 8.90. The highest BCUT2D eigenvalue weighted by atomic mass is 79.9. The number of pyridine rings is 1. The number of halogens is 1. The van der Waals surface area contributed by atoms with Crippen LogP contribution in [-0.2, 0) is 6.42 Å². The van der Waals surface area contributed by atoms with Crippen LogP contribution in [0.25, 0.3) is 0 Å². The highest BCUT2D eigenvalue weighted by Gasteiger charge is 1.99. The van der Waals surface area contributed by atoms with Crippen molar-refractivity contribution < 1.29 is 0 Å². The molecule has 84 valence electrons. The highest BCUT2D eigenvalue weighted by molar-refractivity contribution is 9.10. The van der Waals surface area contributed by atoms with Crippen LogP contribution in [0.3, 0.4) is 0 Å². The Morgan fingerprint density at radius 1 is 1.44 bits per heavy atom. The molecule has 0 spiro atoms. The fourth-order valence-electron chi connectivity index (χ4n) is 1.31. The lowest BCUT2D eigenvalue weighted by Gasteiger charge is -2.05. The van der Waals surface area contributed by atoms with Crippen LogP contribution in [0.2, 0.25) is 0 Å².